The van der Waals surface area contributed by atoms with Gasteiger partial charge in [-0.2, -0.15) is 18.3 Å². The predicted molar refractivity (Wildman–Crippen MR) is 135 cm³/mol. The fourth-order valence-corrected chi connectivity index (χ4v) is 4.49. The molecule has 0 unspecified atom stereocenters. The van der Waals surface area contributed by atoms with E-state index in [1.807, 2.05) is 29.2 Å². The number of benzene rings is 2. The van der Waals surface area contributed by atoms with Crippen molar-refractivity contribution in [2.45, 2.75) is 18.8 Å². The molecule has 1 aliphatic rings. The molecule has 1 N–H and O–H groups in total. The Labute approximate surface area is 214 Å². The van der Waals surface area contributed by atoms with Gasteiger partial charge in [-0.3, -0.25) is 4.79 Å². The van der Waals surface area contributed by atoms with Gasteiger partial charge in [-0.25, -0.2) is 14.6 Å². The largest absolute Gasteiger partial charge is 0.416 e. The molecule has 3 aromatic heterocycles. The van der Waals surface area contributed by atoms with Gasteiger partial charge >= 0.3 is 6.18 Å². The summed E-state index contributed by atoms with van der Waals surface area (Å²) in [4.78, 5) is 23.7. The standard InChI is InChI=1S/C27H21F3N6O2/c28-27(29,30)18-5-7-19(8-6-18)36-22-4-2-1-3-21(22)26(33-36)17-10-12-34(25(38)13-17)16-23-31-11-9-24(32-23)35-14-20(37)15-35/h1-13,20,37H,14-16H2. The van der Waals surface area contributed by atoms with Crippen LogP contribution in [0, 0.1) is 0 Å². The molecular formula is C27H21F3N6O2. The smallest absolute Gasteiger partial charge is 0.389 e. The van der Waals surface area contributed by atoms with Crippen LogP contribution in [0.5, 0.6) is 0 Å². The van der Waals surface area contributed by atoms with Crippen LogP contribution in [0.3, 0.4) is 0 Å². The first kappa shape index (κ1) is 23.9. The number of nitrogens with zero attached hydrogens (tertiary/aromatic N) is 6. The molecule has 1 fully saturated rings. The van der Waals surface area contributed by atoms with E-state index in [4.69, 9.17) is 0 Å². The van der Waals surface area contributed by atoms with Crippen LogP contribution >= 0.6 is 0 Å². The summed E-state index contributed by atoms with van der Waals surface area (Å²) in [5.74, 6) is 1.17. The van der Waals surface area contributed by atoms with Crippen LogP contribution < -0.4 is 10.5 Å². The lowest BCUT2D eigenvalue weighted by molar-refractivity contribution is -0.137. The van der Waals surface area contributed by atoms with Gasteiger partial charge in [-0.15, -0.1) is 0 Å². The number of pyridine rings is 1. The average Bonchev–Trinajstić information content (AvgIpc) is 3.27. The lowest BCUT2D eigenvalue weighted by Crippen LogP contribution is -2.51. The van der Waals surface area contributed by atoms with Crippen molar-refractivity contribution in [2.75, 3.05) is 18.0 Å². The van der Waals surface area contributed by atoms with E-state index in [9.17, 15) is 23.1 Å². The van der Waals surface area contributed by atoms with Crippen molar-refractivity contribution in [1.82, 2.24) is 24.3 Å². The molecule has 0 bridgehead atoms. The Hall–Kier alpha value is -4.51. The van der Waals surface area contributed by atoms with E-state index in [0.717, 1.165) is 17.5 Å². The van der Waals surface area contributed by atoms with E-state index >= 15 is 0 Å². The molecule has 0 spiro atoms. The summed E-state index contributed by atoms with van der Waals surface area (Å²) in [7, 11) is 0. The molecule has 6 rings (SSSR count). The molecule has 5 aromatic rings. The third kappa shape index (κ3) is 4.41. The zero-order valence-electron chi connectivity index (χ0n) is 19.9. The van der Waals surface area contributed by atoms with E-state index in [-0.39, 0.29) is 18.2 Å². The molecule has 11 heteroatoms. The third-order valence-corrected chi connectivity index (χ3v) is 6.48. The zero-order valence-corrected chi connectivity index (χ0v) is 19.9. The molecule has 1 saturated heterocycles. The van der Waals surface area contributed by atoms with E-state index in [1.165, 1.54) is 22.8 Å². The monoisotopic (exact) mass is 518 g/mol. The van der Waals surface area contributed by atoms with Crippen LogP contribution in [0.15, 0.2) is 83.9 Å². The average molecular weight is 518 g/mol. The van der Waals surface area contributed by atoms with Crippen LogP contribution in [-0.2, 0) is 12.7 Å². The Kier molecular flexibility index (Phi) is 5.72. The number of anilines is 1. The first-order chi connectivity index (χ1) is 18.3. The minimum absolute atomic E-state index is 0.171. The minimum atomic E-state index is -4.43. The molecule has 38 heavy (non-hydrogen) atoms. The fraction of sp³-hybridized carbons (Fsp3) is 0.185. The molecule has 0 amide bonds. The van der Waals surface area contributed by atoms with Crippen LogP contribution in [-0.4, -0.2) is 48.6 Å². The topological polar surface area (TPSA) is 89.1 Å². The quantitative estimate of drug-likeness (QED) is 0.380. The van der Waals surface area contributed by atoms with Crippen LogP contribution in [0.25, 0.3) is 27.8 Å². The van der Waals surface area contributed by atoms with Crippen molar-refractivity contribution < 1.29 is 18.3 Å². The van der Waals surface area contributed by atoms with Gasteiger partial charge in [-0.1, -0.05) is 18.2 Å². The number of alkyl halides is 3. The van der Waals surface area contributed by atoms with Crippen LogP contribution in [0.1, 0.15) is 11.4 Å². The van der Waals surface area contributed by atoms with Crippen molar-refractivity contribution >= 4 is 16.7 Å². The second kappa shape index (κ2) is 9.10. The summed E-state index contributed by atoms with van der Waals surface area (Å²) >= 11 is 0. The molecule has 0 atom stereocenters. The maximum atomic E-state index is 13.0. The maximum absolute atomic E-state index is 13.0. The van der Waals surface area contributed by atoms with E-state index in [1.54, 1.807) is 29.2 Å². The number of hydrogen-bond donors (Lipinski definition) is 1. The summed E-state index contributed by atoms with van der Waals surface area (Å²) in [6.07, 6.45) is -1.51. The van der Waals surface area contributed by atoms with Crippen LogP contribution in [0.2, 0.25) is 0 Å². The predicted octanol–water partition coefficient (Wildman–Crippen LogP) is 3.89. The molecule has 192 valence electrons. The molecule has 0 saturated carbocycles. The van der Waals surface area contributed by atoms with E-state index < -0.39 is 11.7 Å². The Balaban J connectivity index is 1.32. The van der Waals surface area contributed by atoms with E-state index in [2.05, 4.69) is 15.1 Å². The Bertz CT molecular complexity index is 1690. The van der Waals surface area contributed by atoms with Gasteiger partial charge in [0.15, 0.2) is 0 Å². The first-order valence-electron chi connectivity index (χ1n) is 11.9. The number of rotatable bonds is 5. The Morgan fingerprint density at radius 1 is 1.00 bits per heavy atom. The molecule has 8 nitrogen and oxygen atoms in total. The highest BCUT2D eigenvalue weighted by molar-refractivity contribution is 5.94. The second-order valence-electron chi connectivity index (χ2n) is 9.09. The number of halogens is 3. The maximum Gasteiger partial charge on any atom is 0.416 e. The molecule has 4 heterocycles. The fourth-order valence-electron chi connectivity index (χ4n) is 4.49. The highest BCUT2D eigenvalue weighted by atomic mass is 19.4. The molecule has 0 aliphatic carbocycles. The van der Waals surface area contributed by atoms with Gasteiger partial charge < -0.3 is 14.6 Å². The van der Waals surface area contributed by atoms with Gasteiger partial charge in [0.1, 0.15) is 17.3 Å². The molecule has 1 aliphatic heterocycles. The number of aliphatic hydroxyl groups excluding tert-OH is 1. The van der Waals surface area contributed by atoms with Crippen molar-refractivity contribution in [3.8, 4) is 16.9 Å². The SMILES string of the molecule is O=c1cc(-c2nn(-c3ccc(C(F)(F)F)cc3)c3ccccc23)ccn1Cc1nccc(N2CC(O)C2)n1. The van der Waals surface area contributed by atoms with Crippen LogP contribution in [0.4, 0.5) is 19.0 Å². The summed E-state index contributed by atoms with van der Waals surface area (Å²) in [5, 5.41) is 15.0. The number of para-hydroxylation sites is 1. The highest BCUT2D eigenvalue weighted by Gasteiger charge is 2.30. The third-order valence-electron chi connectivity index (χ3n) is 6.48. The summed E-state index contributed by atoms with van der Waals surface area (Å²) in [6, 6.07) is 17.1. The number of aliphatic hydroxyl groups is 1. The minimum Gasteiger partial charge on any atom is -0.389 e. The molecular weight excluding hydrogens is 497 g/mol. The number of β-amino-alcohol motifs (C(OH)–C–C–N with tert-alkyl or cyclic N) is 1. The zero-order chi connectivity index (χ0) is 26.4. The lowest BCUT2D eigenvalue weighted by atomic mass is 10.1. The molecule has 0 radical (unpaired) electrons. The van der Waals surface area contributed by atoms with Crippen molar-refractivity contribution in [2.24, 2.45) is 0 Å². The number of aromatic nitrogens is 5. The van der Waals surface area contributed by atoms with Crippen molar-refractivity contribution in [3.63, 3.8) is 0 Å². The van der Waals surface area contributed by atoms with Crippen molar-refractivity contribution in [1.29, 1.82) is 0 Å². The summed E-state index contributed by atoms with van der Waals surface area (Å²) < 4.78 is 42.1. The molecule has 2 aromatic carbocycles. The van der Waals surface area contributed by atoms with Gasteiger partial charge in [0.05, 0.1) is 29.4 Å². The Morgan fingerprint density at radius 2 is 1.76 bits per heavy atom. The highest BCUT2D eigenvalue weighted by Crippen LogP contribution is 2.32. The van der Waals surface area contributed by atoms with Crippen molar-refractivity contribution in [3.05, 3.63) is 101 Å². The normalized spacial score (nSPS) is 14.2. The Morgan fingerprint density at radius 3 is 2.47 bits per heavy atom. The van der Waals surface area contributed by atoms with Gasteiger partial charge in [0.2, 0.25) is 0 Å². The summed E-state index contributed by atoms with van der Waals surface area (Å²) in [6.45, 7) is 1.19. The van der Waals surface area contributed by atoms with Gasteiger partial charge in [0, 0.05) is 42.5 Å². The lowest BCUT2D eigenvalue weighted by Gasteiger charge is -2.36. The first-order valence-corrected chi connectivity index (χ1v) is 11.9. The summed E-state index contributed by atoms with van der Waals surface area (Å²) in [5.41, 5.74) is 1.28. The van der Waals surface area contributed by atoms with Gasteiger partial charge in [-0.05, 0) is 42.5 Å². The van der Waals surface area contributed by atoms with Gasteiger partial charge in [0.25, 0.3) is 5.56 Å². The number of hydrogen-bond acceptors (Lipinski definition) is 6. The number of fused-ring (bicyclic) bond motifs is 1. The van der Waals surface area contributed by atoms with E-state index in [0.29, 0.717) is 47.2 Å². The second-order valence-corrected chi connectivity index (χ2v) is 9.09.